The van der Waals surface area contributed by atoms with E-state index in [1.807, 2.05) is 42.5 Å². The summed E-state index contributed by atoms with van der Waals surface area (Å²) < 4.78 is 10.9. The van der Waals surface area contributed by atoms with E-state index in [4.69, 9.17) is 9.47 Å². The molecule has 1 atom stereocenters. The van der Waals surface area contributed by atoms with Gasteiger partial charge in [0.05, 0.1) is 26.2 Å². The number of carbonyl (C=O) groups excluding carboxylic acids is 1. The number of carbonyl (C=O) groups is 1. The molecule has 1 saturated heterocycles. The maximum Gasteiger partial charge on any atom is 0.224 e. The molecule has 1 fully saturated rings. The number of amides is 1. The van der Waals surface area contributed by atoms with Crippen LogP contribution in [0.15, 0.2) is 54.6 Å². The molecule has 0 aliphatic carbocycles. The lowest BCUT2D eigenvalue weighted by molar-refractivity contribution is -0.121. The Labute approximate surface area is 148 Å². The van der Waals surface area contributed by atoms with Crippen molar-refractivity contribution in [1.82, 2.24) is 5.32 Å². The fourth-order valence-corrected chi connectivity index (χ4v) is 2.94. The van der Waals surface area contributed by atoms with E-state index >= 15 is 0 Å². The van der Waals surface area contributed by atoms with Crippen LogP contribution < -0.4 is 15.0 Å². The number of hydrogen-bond donors (Lipinski definition) is 1. The Kier molecular flexibility index (Phi) is 5.90. The fourth-order valence-electron chi connectivity index (χ4n) is 2.94. The Morgan fingerprint density at radius 2 is 1.96 bits per heavy atom. The van der Waals surface area contributed by atoms with Crippen LogP contribution >= 0.6 is 0 Å². The molecular formula is C20H24N2O3. The second-order valence-electron chi connectivity index (χ2n) is 6.10. The molecule has 1 N–H and O–H groups in total. The van der Waals surface area contributed by atoms with Crippen molar-refractivity contribution in [2.75, 3.05) is 38.3 Å². The van der Waals surface area contributed by atoms with Crippen LogP contribution in [0.1, 0.15) is 5.56 Å². The Morgan fingerprint density at radius 1 is 1.20 bits per heavy atom. The average Bonchev–Trinajstić information content (AvgIpc) is 2.68. The summed E-state index contributed by atoms with van der Waals surface area (Å²) >= 11 is 0. The third-order valence-electron chi connectivity index (χ3n) is 4.31. The summed E-state index contributed by atoms with van der Waals surface area (Å²) in [7, 11) is 1.63. The SMILES string of the molecule is COc1ccc(CC(=O)NCC2CN(c3ccccc3)CCO2)cc1. The van der Waals surface area contributed by atoms with Crippen LogP contribution in [0.5, 0.6) is 5.75 Å². The number of nitrogens with zero attached hydrogens (tertiary/aromatic N) is 1. The third kappa shape index (κ3) is 4.97. The first-order valence-electron chi connectivity index (χ1n) is 8.56. The van der Waals surface area contributed by atoms with Gasteiger partial charge in [-0.15, -0.1) is 0 Å². The lowest BCUT2D eigenvalue weighted by Crippen LogP contribution is -2.47. The van der Waals surface area contributed by atoms with Crippen molar-refractivity contribution in [2.24, 2.45) is 0 Å². The minimum Gasteiger partial charge on any atom is -0.497 e. The van der Waals surface area contributed by atoms with Crippen LogP contribution in [-0.4, -0.2) is 45.4 Å². The van der Waals surface area contributed by atoms with Gasteiger partial charge in [0, 0.05) is 25.3 Å². The van der Waals surface area contributed by atoms with Gasteiger partial charge in [0.15, 0.2) is 0 Å². The Bertz CT molecular complexity index is 673. The maximum atomic E-state index is 12.1. The highest BCUT2D eigenvalue weighted by molar-refractivity contribution is 5.78. The Balaban J connectivity index is 1.46. The molecule has 25 heavy (non-hydrogen) atoms. The lowest BCUT2D eigenvalue weighted by atomic mass is 10.1. The van der Waals surface area contributed by atoms with Crippen LogP contribution in [0.25, 0.3) is 0 Å². The number of morpholine rings is 1. The molecule has 0 bridgehead atoms. The van der Waals surface area contributed by atoms with E-state index in [1.165, 1.54) is 5.69 Å². The van der Waals surface area contributed by atoms with Gasteiger partial charge in [-0.2, -0.15) is 0 Å². The highest BCUT2D eigenvalue weighted by Gasteiger charge is 2.21. The van der Waals surface area contributed by atoms with Gasteiger partial charge < -0.3 is 19.7 Å². The van der Waals surface area contributed by atoms with Gasteiger partial charge in [0.1, 0.15) is 5.75 Å². The van der Waals surface area contributed by atoms with Crippen LogP contribution in [0.3, 0.4) is 0 Å². The maximum absolute atomic E-state index is 12.1. The molecule has 1 aliphatic rings. The largest absolute Gasteiger partial charge is 0.497 e. The molecule has 1 unspecified atom stereocenters. The van der Waals surface area contributed by atoms with Gasteiger partial charge in [-0.3, -0.25) is 4.79 Å². The molecule has 1 aliphatic heterocycles. The zero-order valence-electron chi connectivity index (χ0n) is 14.5. The van der Waals surface area contributed by atoms with Crippen LogP contribution in [0, 0.1) is 0 Å². The molecule has 3 rings (SSSR count). The molecule has 0 saturated carbocycles. The van der Waals surface area contributed by atoms with Crippen molar-refractivity contribution >= 4 is 11.6 Å². The van der Waals surface area contributed by atoms with Crippen LogP contribution in [-0.2, 0) is 16.0 Å². The second kappa shape index (κ2) is 8.53. The van der Waals surface area contributed by atoms with Crippen molar-refractivity contribution in [3.63, 3.8) is 0 Å². The van der Waals surface area contributed by atoms with E-state index < -0.39 is 0 Å². The number of rotatable bonds is 6. The quantitative estimate of drug-likeness (QED) is 0.876. The van der Waals surface area contributed by atoms with Crippen molar-refractivity contribution in [3.8, 4) is 5.75 Å². The number of methoxy groups -OCH3 is 1. The summed E-state index contributed by atoms with van der Waals surface area (Å²) in [5.41, 5.74) is 2.16. The van der Waals surface area contributed by atoms with Crippen molar-refractivity contribution < 1.29 is 14.3 Å². The topological polar surface area (TPSA) is 50.8 Å². The average molecular weight is 340 g/mol. The first-order chi connectivity index (χ1) is 12.2. The second-order valence-corrected chi connectivity index (χ2v) is 6.10. The summed E-state index contributed by atoms with van der Waals surface area (Å²) in [6.45, 7) is 2.86. The summed E-state index contributed by atoms with van der Waals surface area (Å²) in [5, 5.41) is 2.98. The summed E-state index contributed by atoms with van der Waals surface area (Å²) in [5.74, 6) is 0.798. The summed E-state index contributed by atoms with van der Waals surface area (Å²) in [6, 6.07) is 17.8. The van der Waals surface area contributed by atoms with E-state index in [1.54, 1.807) is 7.11 Å². The molecular weight excluding hydrogens is 316 g/mol. The highest BCUT2D eigenvalue weighted by Crippen LogP contribution is 2.17. The van der Waals surface area contributed by atoms with E-state index in [0.717, 1.165) is 24.4 Å². The molecule has 1 amide bonds. The molecule has 1 heterocycles. The molecule has 5 nitrogen and oxygen atoms in total. The van der Waals surface area contributed by atoms with E-state index in [0.29, 0.717) is 19.6 Å². The number of para-hydroxylation sites is 1. The van der Waals surface area contributed by atoms with Crippen molar-refractivity contribution in [2.45, 2.75) is 12.5 Å². The fraction of sp³-hybridized carbons (Fsp3) is 0.350. The standard InChI is InChI=1S/C20H24N2O3/c1-24-18-9-7-16(8-10-18)13-20(23)21-14-19-15-22(11-12-25-19)17-5-3-2-4-6-17/h2-10,19H,11-15H2,1H3,(H,21,23). The lowest BCUT2D eigenvalue weighted by Gasteiger charge is -2.34. The number of anilines is 1. The van der Waals surface area contributed by atoms with Gasteiger partial charge in [0.25, 0.3) is 0 Å². The zero-order chi connectivity index (χ0) is 17.5. The highest BCUT2D eigenvalue weighted by atomic mass is 16.5. The minimum atomic E-state index is 0.00519. The van der Waals surface area contributed by atoms with E-state index in [2.05, 4.69) is 22.3 Å². The van der Waals surface area contributed by atoms with Gasteiger partial charge >= 0.3 is 0 Å². The molecule has 2 aromatic carbocycles. The molecule has 2 aromatic rings. The first kappa shape index (κ1) is 17.3. The predicted molar refractivity (Wildman–Crippen MR) is 98.1 cm³/mol. The normalized spacial score (nSPS) is 17.2. The number of hydrogen-bond acceptors (Lipinski definition) is 4. The molecule has 0 radical (unpaired) electrons. The number of benzene rings is 2. The van der Waals surface area contributed by atoms with Gasteiger partial charge in [-0.1, -0.05) is 30.3 Å². The Hall–Kier alpha value is -2.53. The molecule has 0 aromatic heterocycles. The van der Waals surface area contributed by atoms with E-state index in [-0.39, 0.29) is 12.0 Å². The Morgan fingerprint density at radius 3 is 2.68 bits per heavy atom. The van der Waals surface area contributed by atoms with Gasteiger partial charge in [0.2, 0.25) is 5.91 Å². The molecule has 0 spiro atoms. The van der Waals surface area contributed by atoms with Gasteiger partial charge in [-0.25, -0.2) is 0 Å². The monoisotopic (exact) mass is 340 g/mol. The minimum absolute atomic E-state index is 0.00519. The van der Waals surface area contributed by atoms with E-state index in [9.17, 15) is 4.79 Å². The smallest absolute Gasteiger partial charge is 0.224 e. The van der Waals surface area contributed by atoms with Crippen LogP contribution in [0.2, 0.25) is 0 Å². The summed E-state index contributed by atoms with van der Waals surface area (Å²) in [4.78, 5) is 14.4. The third-order valence-corrected chi connectivity index (χ3v) is 4.31. The zero-order valence-corrected chi connectivity index (χ0v) is 14.5. The summed E-state index contributed by atoms with van der Waals surface area (Å²) in [6.07, 6.45) is 0.368. The molecule has 5 heteroatoms. The predicted octanol–water partition coefficient (Wildman–Crippen LogP) is 2.26. The first-order valence-corrected chi connectivity index (χ1v) is 8.56. The molecule has 132 valence electrons. The number of nitrogens with one attached hydrogen (secondary N) is 1. The van der Waals surface area contributed by atoms with Gasteiger partial charge in [-0.05, 0) is 29.8 Å². The van der Waals surface area contributed by atoms with Crippen molar-refractivity contribution in [3.05, 3.63) is 60.2 Å². The number of ether oxygens (including phenoxy) is 2. The van der Waals surface area contributed by atoms with Crippen molar-refractivity contribution in [1.29, 1.82) is 0 Å². The van der Waals surface area contributed by atoms with Crippen LogP contribution in [0.4, 0.5) is 5.69 Å².